The molecule has 25 heavy (non-hydrogen) atoms. The highest BCUT2D eigenvalue weighted by Gasteiger charge is 2.30. The van der Waals surface area contributed by atoms with Gasteiger partial charge in [-0.05, 0) is 34.0 Å². The van der Waals surface area contributed by atoms with Gasteiger partial charge < -0.3 is 10.1 Å². The largest absolute Gasteiger partial charge is 0.448 e. The second kappa shape index (κ2) is 6.40. The van der Waals surface area contributed by atoms with Gasteiger partial charge in [0.2, 0.25) is 0 Å². The van der Waals surface area contributed by atoms with E-state index in [4.69, 9.17) is 4.74 Å². The standard InChI is InChI=1S/C21H17NO3/c23-20(19-12-17-7-3-4-8-18(17)21(24)25-19)22-13-14-9-10-15-5-1-2-6-16(15)11-14/h1-11,19H,12-13H2,(H,22,23). The van der Waals surface area contributed by atoms with E-state index in [1.807, 2.05) is 42.5 Å². The predicted octanol–water partition coefficient (Wildman–Crippen LogP) is 3.24. The molecule has 4 rings (SSSR count). The Labute approximate surface area is 145 Å². The number of fused-ring (bicyclic) bond motifs is 2. The van der Waals surface area contributed by atoms with Crippen LogP contribution in [0.3, 0.4) is 0 Å². The maximum absolute atomic E-state index is 12.4. The molecule has 1 unspecified atom stereocenters. The zero-order valence-electron chi connectivity index (χ0n) is 13.6. The van der Waals surface area contributed by atoms with E-state index in [0.29, 0.717) is 18.5 Å². The van der Waals surface area contributed by atoms with Gasteiger partial charge in [-0.25, -0.2) is 4.79 Å². The zero-order valence-corrected chi connectivity index (χ0v) is 13.6. The first kappa shape index (κ1) is 15.4. The van der Waals surface area contributed by atoms with Crippen LogP contribution in [0.2, 0.25) is 0 Å². The van der Waals surface area contributed by atoms with Gasteiger partial charge in [-0.15, -0.1) is 0 Å². The third-order valence-corrected chi connectivity index (χ3v) is 4.46. The number of nitrogens with one attached hydrogen (secondary N) is 1. The molecule has 0 bridgehead atoms. The number of esters is 1. The van der Waals surface area contributed by atoms with Crippen molar-refractivity contribution in [3.05, 3.63) is 83.4 Å². The molecule has 0 aliphatic carbocycles. The minimum atomic E-state index is -0.775. The summed E-state index contributed by atoms with van der Waals surface area (Å²) in [6.07, 6.45) is -0.367. The molecule has 0 spiro atoms. The van der Waals surface area contributed by atoms with E-state index in [1.54, 1.807) is 12.1 Å². The number of carbonyl (C=O) groups is 2. The Kier molecular flexibility index (Phi) is 3.94. The first-order chi connectivity index (χ1) is 12.2. The summed E-state index contributed by atoms with van der Waals surface area (Å²) in [7, 11) is 0. The molecule has 3 aromatic rings. The second-order valence-corrected chi connectivity index (χ2v) is 6.15. The Morgan fingerprint density at radius 2 is 1.76 bits per heavy atom. The summed E-state index contributed by atoms with van der Waals surface area (Å²) in [6.45, 7) is 0.402. The summed E-state index contributed by atoms with van der Waals surface area (Å²) in [6, 6.07) is 21.4. The zero-order chi connectivity index (χ0) is 17.2. The van der Waals surface area contributed by atoms with Crippen molar-refractivity contribution in [3.8, 4) is 0 Å². The molecule has 1 aliphatic heterocycles. The van der Waals surface area contributed by atoms with Crippen LogP contribution in [-0.4, -0.2) is 18.0 Å². The number of amides is 1. The van der Waals surface area contributed by atoms with Crippen LogP contribution in [0.25, 0.3) is 10.8 Å². The van der Waals surface area contributed by atoms with E-state index in [1.165, 1.54) is 0 Å². The fraction of sp³-hybridized carbons (Fsp3) is 0.143. The average molecular weight is 331 g/mol. The van der Waals surface area contributed by atoms with Gasteiger partial charge in [-0.3, -0.25) is 4.79 Å². The van der Waals surface area contributed by atoms with Crippen LogP contribution in [0.1, 0.15) is 21.5 Å². The van der Waals surface area contributed by atoms with Crippen molar-refractivity contribution in [2.24, 2.45) is 0 Å². The highest BCUT2D eigenvalue weighted by Crippen LogP contribution is 2.21. The van der Waals surface area contributed by atoms with Crippen LogP contribution >= 0.6 is 0 Å². The van der Waals surface area contributed by atoms with Gasteiger partial charge in [0.15, 0.2) is 6.10 Å². The molecule has 0 radical (unpaired) electrons. The molecule has 4 heteroatoms. The van der Waals surface area contributed by atoms with Crippen LogP contribution in [0.5, 0.6) is 0 Å². The molecule has 4 nitrogen and oxygen atoms in total. The number of carbonyl (C=O) groups excluding carboxylic acids is 2. The summed E-state index contributed by atoms with van der Waals surface area (Å²) >= 11 is 0. The Morgan fingerprint density at radius 3 is 2.64 bits per heavy atom. The molecule has 0 aromatic heterocycles. The van der Waals surface area contributed by atoms with Crippen molar-refractivity contribution in [2.45, 2.75) is 19.1 Å². The lowest BCUT2D eigenvalue weighted by Crippen LogP contribution is -2.41. The molecule has 0 saturated heterocycles. The minimum Gasteiger partial charge on any atom is -0.448 e. The maximum Gasteiger partial charge on any atom is 0.339 e. The summed E-state index contributed by atoms with van der Waals surface area (Å²) in [5.41, 5.74) is 2.40. The summed E-state index contributed by atoms with van der Waals surface area (Å²) in [4.78, 5) is 24.4. The molecule has 3 aromatic carbocycles. The summed E-state index contributed by atoms with van der Waals surface area (Å²) < 4.78 is 5.28. The third-order valence-electron chi connectivity index (χ3n) is 4.46. The molecule has 1 atom stereocenters. The van der Waals surface area contributed by atoms with Crippen molar-refractivity contribution in [1.82, 2.24) is 5.32 Å². The third kappa shape index (κ3) is 3.11. The van der Waals surface area contributed by atoms with Crippen LogP contribution < -0.4 is 5.32 Å². The molecule has 0 saturated carbocycles. The van der Waals surface area contributed by atoms with E-state index in [2.05, 4.69) is 17.4 Å². The molecule has 124 valence electrons. The van der Waals surface area contributed by atoms with Gasteiger partial charge in [0.1, 0.15) is 0 Å². The molecule has 1 aliphatic rings. The fourth-order valence-electron chi connectivity index (χ4n) is 3.13. The lowest BCUT2D eigenvalue weighted by molar-refractivity contribution is -0.130. The van der Waals surface area contributed by atoms with Crippen LogP contribution in [-0.2, 0) is 22.5 Å². The second-order valence-electron chi connectivity index (χ2n) is 6.15. The lowest BCUT2D eigenvalue weighted by Gasteiger charge is -2.23. The van der Waals surface area contributed by atoms with Crippen molar-refractivity contribution in [3.63, 3.8) is 0 Å². The number of rotatable bonds is 3. The number of hydrogen-bond acceptors (Lipinski definition) is 3. The lowest BCUT2D eigenvalue weighted by atomic mass is 9.98. The highest BCUT2D eigenvalue weighted by atomic mass is 16.5. The topological polar surface area (TPSA) is 55.4 Å². The SMILES string of the molecule is O=C1OC(C(=O)NCc2ccc3ccccc3c2)Cc2ccccc21. The van der Waals surface area contributed by atoms with E-state index in [9.17, 15) is 9.59 Å². The summed E-state index contributed by atoms with van der Waals surface area (Å²) in [5.74, 6) is -0.705. The molecule has 1 heterocycles. The molecular weight excluding hydrogens is 314 g/mol. The van der Waals surface area contributed by atoms with E-state index >= 15 is 0 Å². The number of cyclic esters (lactones) is 1. The average Bonchev–Trinajstić information content (AvgIpc) is 2.66. The fourth-order valence-corrected chi connectivity index (χ4v) is 3.13. The summed E-state index contributed by atoms with van der Waals surface area (Å²) in [5, 5.41) is 5.16. The first-order valence-electron chi connectivity index (χ1n) is 8.25. The Bertz CT molecular complexity index is 964. The normalized spacial score (nSPS) is 16.2. The number of hydrogen-bond donors (Lipinski definition) is 1. The van der Waals surface area contributed by atoms with Gasteiger partial charge in [0, 0.05) is 13.0 Å². The quantitative estimate of drug-likeness (QED) is 0.750. The molecule has 1 N–H and O–H groups in total. The van der Waals surface area contributed by atoms with Crippen molar-refractivity contribution >= 4 is 22.6 Å². The number of ether oxygens (including phenoxy) is 1. The smallest absolute Gasteiger partial charge is 0.339 e. The van der Waals surface area contributed by atoms with Gasteiger partial charge in [0.25, 0.3) is 5.91 Å². The monoisotopic (exact) mass is 331 g/mol. The van der Waals surface area contributed by atoms with Crippen LogP contribution in [0.15, 0.2) is 66.7 Å². The predicted molar refractivity (Wildman–Crippen MR) is 95.1 cm³/mol. The van der Waals surface area contributed by atoms with E-state index in [-0.39, 0.29) is 5.91 Å². The van der Waals surface area contributed by atoms with Crippen molar-refractivity contribution in [2.75, 3.05) is 0 Å². The maximum atomic E-state index is 12.4. The molecule has 0 fully saturated rings. The van der Waals surface area contributed by atoms with Gasteiger partial charge >= 0.3 is 5.97 Å². The molecular formula is C21H17NO3. The van der Waals surface area contributed by atoms with E-state index in [0.717, 1.165) is 21.9 Å². The van der Waals surface area contributed by atoms with Gasteiger partial charge in [-0.1, -0.05) is 54.6 Å². The first-order valence-corrected chi connectivity index (χ1v) is 8.25. The Hall–Kier alpha value is -3.14. The van der Waals surface area contributed by atoms with Crippen LogP contribution in [0, 0.1) is 0 Å². The van der Waals surface area contributed by atoms with Crippen molar-refractivity contribution in [1.29, 1.82) is 0 Å². The Morgan fingerprint density at radius 1 is 1.00 bits per heavy atom. The van der Waals surface area contributed by atoms with Gasteiger partial charge in [0.05, 0.1) is 5.56 Å². The van der Waals surface area contributed by atoms with Crippen molar-refractivity contribution < 1.29 is 14.3 Å². The Balaban J connectivity index is 1.44. The minimum absolute atomic E-state index is 0.268. The van der Waals surface area contributed by atoms with Gasteiger partial charge in [-0.2, -0.15) is 0 Å². The highest BCUT2D eigenvalue weighted by molar-refractivity contribution is 5.95. The van der Waals surface area contributed by atoms with Crippen LogP contribution in [0.4, 0.5) is 0 Å². The van der Waals surface area contributed by atoms with E-state index < -0.39 is 12.1 Å². The molecule has 1 amide bonds. The number of benzene rings is 3.